The van der Waals surface area contributed by atoms with E-state index in [0.29, 0.717) is 0 Å². The number of benzene rings is 1. The molecule has 0 saturated carbocycles. The van der Waals surface area contributed by atoms with E-state index >= 15 is 0 Å². The summed E-state index contributed by atoms with van der Waals surface area (Å²) in [6, 6.07) is 8.14. The van der Waals surface area contributed by atoms with E-state index in [1.165, 1.54) is 5.56 Å². The van der Waals surface area contributed by atoms with Gasteiger partial charge in [0.2, 0.25) is 0 Å². The number of hydrogen-bond acceptors (Lipinski definition) is 3. The van der Waals surface area contributed by atoms with Crippen molar-refractivity contribution in [3.05, 3.63) is 29.8 Å². The lowest BCUT2D eigenvalue weighted by Crippen LogP contribution is -2.28. The number of carbonyl (C=O) groups is 1. The van der Waals surface area contributed by atoms with Crippen LogP contribution in [0.15, 0.2) is 24.3 Å². The third-order valence-electron chi connectivity index (χ3n) is 2.61. The number of carbonyl (C=O) groups excluding carboxylic acids is 1. The Balaban J connectivity index is 2.53. The zero-order valence-corrected chi connectivity index (χ0v) is 12.8. The van der Waals surface area contributed by atoms with Crippen molar-refractivity contribution in [1.29, 1.82) is 0 Å². The van der Waals surface area contributed by atoms with E-state index in [0.717, 1.165) is 5.69 Å². The van der Waals surface area contributed by atoms with Crippen molar-refractivity contribution in [2.75, 3.05) is 11.9 Å². The minimum Gasteiger partial charge on any atom is -0.459 e. The van der Waals surface area contributed by atoms with Gasteiger partial charge < -0.3 is 10.1 Å². The Morgan fingerprint density at radius 2 is 1.58 bits per heavy atom. The molecule has 106 valence electrons. The van der Waals surface area contributed by atoms with Crippen molar-refractivity contribution in [3.63, 3.8) is 0 Å². The fourth-order valence-electron chi connectivity index (χ4n) is 1.64. The van der Waals surface area contributed by atoms with Crippen molar-refractivity contribution >= 4 is 11.7 Å². The van der Waals surface area contributed by atoms with Crippen LogP contribution in [0.3, 0.4) is 0 Å². The van der Waals surface area contributed by atoms with Crippen LogP contribution in [0.2, 0.25) is 0 Å². The van der Waals surface area contributed by atoms with Gasteiger partial charge in [-0.1, -0.05) is 32.9 Å². The summed E-state index contributed by atoms with van der Waals surface area (Å²) < 4.78 is 5.24. The van der Waals surface area contributed by atoms with E-state index in [9.17, 15) is 4.79 Å². The lowest BCUT2D eigenvalue weighted by atomic mass is 9.87. The molecule has 0 unspecified atom stereocenters. The molecule has 1 aromatic carbocycles. The van der Waals surface area contributed by atoms with Crippen LogP contribution in [0.4, 0.5) is 5.69 Å². The van der Waals surface area contributed by atoms with E-state index in [1.54, 1.807) is 0 Å². The van der Waals surface area contributed by atoms with Crippen LogP contribution in [-0.4, -0.2) is 18.1 Å². The summed E-state index contributed by atoms with van der Waals surface area (Å²) in [5.41, 5.74) is 1.91. The molecule has 0 atom stereocenters. The molecular formula is C16H25NO2. The van der Waals surface area contributed by atoms with Gasteiger partial charge in [0.05, 0.1) is 0 Å². The van der Waals surface area contributed by atoms with Crippen LogP contribution in [0.5, 0.6) is 0 Å². The maximum atomic E-state index is 11.6. The van der Waals surface area contributed by atoms with Crippen LogP contribution in [-0.2, 0) is 14.9 Å². The standard InChI is InChI=1S/C16H25NO2/c1-15(2,3)12-7-9-13(10-8-12)17-11-14(18)19-16(4,5)6/h7-10,17H,11H2,1-6H3. The quantitative estimate of drug-likeness (QED) is 0.844. The van der Waals surface area contributed by atoms with Gasteiger partial charge in [-0.25, -0.2) is 0 Å². The minimum absolute atomic E-state index is 0.143. The predicted molar refractivity (Wildman–Crippen MR) is 79.5 cm³/mol. The first-order valence-corrected chi connectivity index (χ1v) is 6.64. The molecule has 0 amide bonds. The summed E-state index contributed by atoms with van der Waals surface area (Å²) >= 11 is 0. The van der Waals surface area contributed by atoms with Gasteiger partial charge in [0.25, 0.3) is 0 Å². The topological polar surface area (TPSA) is 38.3 Å². The summed E-state index contributed by atoms with van der Waals surface area (Å²) in [6.07, 6.45) is 0. The zero-order chi connectivity index (χ0) is 14.7. The van der Waals surface area contributed by atoms with E-state index < -0.39 is 5.60 Å². The zero-order valence-electron chi connectivity index (χ0n) is 12.8. The molecule has 0 aliphatic heterocycles. The number of hydrogen-bond donors (Lipinski definition) is 1. The van der Waals surface area contributed by atoms with Crippen LogP contribution in [0.25, 0.3) is 0 Å². The van der Waals surface area contributed by atoms with E-state index in [1.807, 2.05) is 32.9 Å². The molecular weight excluding hydrogens is 238 g/mol. The van der Waals surface area contributed by atoms with Gasteiger partial charge in [-0.2, -0.15) is 0 Å². The molecule has 1 rings (SSSR count). The Morgan fingerprint density at radius 1 is 1.05 bits per heavy atom. The van der Waals surface area contributed by atoms with Crippen LogP contribution < -0.4 is 5.32 Å². The predicted octanol–water partition coefficient (Wildman–Crippen LogP) is 3.74. The highest BCUT2D eigenvalue weighted by Crippen LogP contribution is 2.23. The van der Waals surface area contributed by atoms with Crippen LogP contribution in [0, 0.1) is 0 Å². The largest absolute Gasteiger partial charge is 0.459 e. The normalized spacial score (nSPS) is 12.1. The first-order valence-electron chi connectivity index (χ1n) is 6.64. The van der Waals surface area contributed by atoms with Gasteiger partial charge in [-0.05, 0) is 43.9 Å². The van der Waals surface area contributed by atoms with Crippen molar-refractivity contribution in [1.82, 2.24) is 0 Å². The highest BCUT2D eigenvalue weighted by Gasteiger charge is 2.16. The molecule has 0 radical (unpaired) electrons. The number of esters is 1. The Hall–Kier alpha value is -1.51. The highest BCUT2D eigenvalue weighted by atomic mass is 16.6. The van der Waals surface area contributed by atoms with Crippen LogP contribution >= 0.6 is 0 Å². The number of rotatable bonds is 3. The smallest absolute Gasteiger partial charge is 0.325 e. The molecule has 19 heavy (non-hydrogen) atoms. The van der Waals surface area contributed by atoms with E-state index in [4.69, 9.17) is 4.74 Å². The molecule has 0 fully saturated rings. The Labute approximate surface area is 116 Å². The van der Waals surface area contributed by atoms with Gasteiger partial charge in [0.1, 0.15) is 12.1 Å². The van der Waals surface area contributed by atoms with Gasteiger partial charge >= 0.3 is 5.97 Å². The average Bonchev–Trinajstić information content (AvgIpc) is 2.23. The summed E-state index contributed by atoms with van der Waals surface area (Å²) in [5, 5.41) is 3.07. The summed E-state index contributed by atoms with van der Waals surface area (Å²) in [7, 11) is 0. The molecule has 0 aromatic heterocycles. The second kappa shape index (κ2) is 5.64. The molecule has 3 heteroatoms. The average molecular weight is 263 g/mol. The summed E-state index contributed by atoms with van der Waals surface area (Å²) in [6.45, 7) is 12.3. The lowest BCUT2D eigenvalue weighted by Gasteiger charge is -2.20. The molecule has 1 aromatic rings. The van der Waals surface area contributed by atoms with Crippen molar-refractivity contribution in [2.45, 2.75) is 52.6 Å². The van der Waals surface area contributed by atoms with E-state index in [2.05, 4.69) is 38.2 Å². The Morgan fingerprint density at radius 3 is 2.00 bits per heavy atom. The fraction of sp³-hybridized carbons (Fsp3) is 0.562. The van der Waals surface area contributed by atoms with Crippen molar-refractivity contribution < 1.29 is 9.53 Å². The monoisotopic (exact) mass is 263 g/mol. The molecule has 0 aliphatic carbocycles. The minimum atomic E-state index is -0.436. The molecule has 0 bridgehead atoms. The van der Waals surface area contributed by atoms with Crippen molar-refractivity contribution in [3.8, 4) is 0 Å². The third-order valence-corrected chi connectivity index (χ3v) is 2.61. The lowest BCUT2D eigenvalue weighted by molar-refractivity contribution is -0.152. The Kier molecular flexibility index (Phi) is 4.61. The molecule has 0 aliphatic rings. The maximum Gasteiger partial charge on any atom is 0.325 e. The SMILES string of the molecule is CC(C)(C)OC(=O)CNc1ccc(C(C)(C)C)cc1. The fourth-order valence-corrected chi connectivity index (χ4v) is 1.64. The molecule has 0 heterocycles. The molecule has 3 nitrogen and oxygen atoms in total. The Bertz CT molecular complexity index is 422. The van der Waals surface area contributed by atoms with Gasteiger partial charge in [0.15, 0.2) is 0 Å². The number of ether oxygens (including phenoxy) is 1. The summed E-state index contributed by atoms with van der Waals surface area (Å²) in [5.74, 6) is -0.243. The third kappa shape index (κ3) is 5.77. The number of nitrogens with one attached hydrogen (secondary N) is 1. The first-order chi connectivity index (χ1) is 8.58. The van der Waals surface area contributed by atoms with Gasteiger partial charge in [0, 0.05) is 5.69 Å². The molecule has 0 saturated heterocycles. The van der Waals surface area contributed by atoms with Gasteiger partial charge in [-0.15, -0.1) is 0 Å². The first kappa shape index (κ1) is 15.5. The molecule has 0 spiro atoms. The van der Waals surface area contributed by atoms with Crippen LogP contribution in [0.1, 0.15) is 47.1 Å². The second-order valence-electron chi connectivity index (χ2n) is 6.77. The second-order valence-corrected chi connectivity index (χ2v) is 6.77. The van der Waals surface area contributed by atoms with Gasteiger partial charge in [-0.3, -0.25) is 4.79 Å². The summed E-state index contributed by atoms with van der Waals surface area (Å²) in [4.78, 5) is 11.6. The molecule has 1 N–H and O–H groups in total. The van der Waals surface area contributed by atoms with Crippen molar-refractivity contribution in [2.24, 2.45) is 0 Å². The maximum absolute atomic E-state index is 11.6. The highest BCUT2D eigenvalue weighted by molar-refractivity contribution is 5.75. The number of anilines is 1. The van der Waals surface area contributed by atoms with E-state index in [-0.39, 0.29) is 17.9 Å².